The molecule has 0 spiro atoms. The third kappa shape index (κ3) is 5.43. The van der Waals surface area contributed by atoms with Gasteiger partial charge in [-0.25, -0.2) is 4.79 Å². The fourth-order valence-corrected chi connectivity index (χ4v) is 4.31. The van der Waals surface area contributed by atoms with E-state index in [9.17, 15) is 4.79 Å². The lowest BCUT2D eigenvalue weighted by Gasteiger charge is -2.33. The van der Waals surface area contributed by atoms with Crippen LogP contribution < -0.4 is 0 Å². The molecule has 0 radical (unpaired) electrons. The van der Waals surface area contributed by atoms with Crippen molar-refractivity contribution in [3.63, 3.8) is 0 Å². The fourth-order valence-electron chi connectivity index (χ4n) is 3.21. The fraction of sp³-hybridized carbons (Fsp3) is 0.737. The molecule has 1 aromatic heterocycles. The SMILES string of the molecule is CC(C)(C)OC(=O)N1CCC(COCc2cc3c(s2)CCOC3)CC1. The van der Waals surface area contributed by atoms with Crippen molar-refractivity contribution in [1.82, 2.24) is 4.90 Å². The maximum atomic E-state index is 12.1. The second-order valence-electron chi connectivity index (χ2n) is 7.89. The first-order valence-corrected chi connectivity index (χ1v) is 9.96. The maximum Gasteiger partial charge on any atom is 0.410 e. The first-order chi connectivity index (χ1) is 11.9. The Kier molecular flexibility index (Phi) is 6.02. The van der Waals surface area contributed by atoms with Crippen LogP contribution in [-0.4, -0.2) is 42.9 Å². The summed E-state index contributed by atoms with van der Waals surface area (Å²) in [7, 11) is 0. The van der Waals surface area contributed by atoms with E-state index < -0.39 is 5.60 Å². The Balaban J connectivity index is 1.37. The van der Waals surface area contributed by atoms with Crippen molar-refractivity contribution in [3.8, 4) is 0 Å². The van der Waals surface area contributed by atoms with Crippen molar-refractivity contribution in [2.24, 2.45) is 5.92 Å². The molecular weight excluding hydrogens is 338 g/mol. The second kappa shape index (κ2) is 8.06. The van der Waals surface area contributed by atoms with Crippen LogP contribution in [-0.2, 0) is 33.8 Å². The smallest absolute Gasteiger partial charge is 0.410 e. The third-order valence-corrected chi connectivity index (χ3v) is 5.75. The minimum absolute atomic E-state index is 0.196. The van der Waals surface area contributed by atoms with Crippen molar-refractivity contribution in [2.45, 2.75) is 58.8 Å². The lowest BCUT2D eigenvalue weighted by molar-refractivity contribution is 0.0106. The predicted octanol–water partition coefficient (Wildman–Crippen LogP) is 3.98. The van der Waals surface area contributed by atoms with Gasteiger partial charge in [0.2, 0.25) is 0 Å². The number of thiophene rings is 1. The molecule has 5 nitrogen and oxygen atoms in total. The molecule has 1 amide bonds. The second-order valence-corrected chi connectivity index (χ2v) is 9.11. The van der Waals surface area contributed by atoms with Gasteiger partial charge in [0.1, 0.15) is 5.60 Å². The first kappa shape index (κ1) is 18.7. The van der Waals surface area contributed by atoms with Gasteiger partial charge in [-0.15, -0.1) is 11.3 Å². The van der Waals surface area contributed by atoms with Crippen LogP contribution >= 0.6 is 11.3 Å². The molecule has 0 aromatic carbocycles. The van der Waals surface area contributed by atoms with Crippen molar-refractivity contribution in [1.29, 1.82) is 0 Å². The average molecular weight is 368 g/mol. The third-order valence-electron chi connectivity index (χ3n) is 4.54. The van der Waals surface area contributed by atoms with Gasteiger partial charge in [0.05, 0.1) is 26.4 Å². The molecule has 0 bridgehead atoms. The molecule has 140 valence electrons. The van der Waals surface area contributed by atoms with E-state index in [1.807, 2.05) is 37.0 Å². The summed E-state index contributed by atoms with van der Waals surface area (Å²) in [5.74, 6) is 0.525. The Hall–Kier alpha value is -1.11. The molecule has 25 heavy (non-hydrogen) atoms. The van der Waals surface area contributed by atoms with Crippen LogP contribution in [0, 0.1) is 5.92 Å². The normalized spacial score (nSPS) is 18.9. The quantitative estimate of drug-likeness (QED) is 0.807. The maximum absolute atomic E-state index is 12.1. The number of hydrogen-bond donors (Lipinski definition) is 0. The van der Waals surface area contributed by atoms with E-state index in [1.54, 1.807) is 0 Å². The molecule has 0 unspecified atom stereocenters. The van der Waals surface area contributed by atoms with Gasteiger partial charge in [-0.2, -0.15) is 0 Å². The topological polar surface area (TPSA) is 48.0 Å². The van der Waals surface area contributed by atoms with Crippen molar-refractivity contribution in [2.75, 3.05) is 26.3 Å². The summed E-state index contributed by atoms with van der Waals surface area (Å²) >= 11 is 1.86. The number of ether oxygens (including phenoxy) is 3. The summed E-state index contributed by atoms with van der Waals surface area (Å²) in [6.45, 7) is 10.3. The molecule has 0 saturated carbocycles. The van der Waals surface area contributed by atoms with Crippen molar-refractivity contribution < 1.29 is 19.0 Å². The standard InChI is InChI=1S/C19H29NO4S/c1-19(2,3)24-18(21)20-7-4-14(5-8-20)11-23-13-16-10-15-12-22-9-6-17(15)25-16/h10,14H,4-9,11-13H2,1-3H3. The van der Waals surface area contributed by atoms with E-state index in [-0.39, 0.29) is 6.09 Å². The Bertz CT molecular complexity index is 561. The first-order valence-electron chi connectivity index (χ1n) is 9.14. The molecule has 0 atom stereocenters. The highest BCUT2D eigenvalue weighted by Gasteiger charge is 2.27. The highest BCUT2D eigenvalue weighted by Crippen LogP contribution is 2.28. The molecule has 0 aliphatic carbocycles. The summed E-state index contributed by atoms with van der Waals surface area (Å²) in [6.07, 6.45) is 2.80. The predicted molar refractivity (Wildman–Crippen MR) is 97.9 cm³/mol. The molecule has 1 saturated heterocycles. The van der Waals surface area contributed by atoms with Gasteiger partial charge in [0, 0.05) is 29.3 Å². The van der Waals surface area contributed by atoms with Gasteiger partial charge in [-0.1, -0.05) is 0 Å². The Morgan fingerprint density at radius 2 is 2.12 bits per heavy atom. The Labute approximate surface area is 154 Å². The summed E-state index contributed by atoms with van der Waals surface area (Å²) in [5, 5.41) is 0. The van der Waals surface area contributed by atoms with Crippen LogP contribution in [0.15, 0.2) is 6.07 Å². The Morgan fingerprint density at radius 1 is 1.36 bits per heavy atom. The highest BCUT2D eigenvalue weighted by molar-refractivity contribution is 7.12. The van der Waals surface area contributed by atoms with Crippen LogP contribution in [0.25, 0.3) is 0 Å². The number of piperidine rings is 1. The molecular formula is C19H29NO4S. The Morgan fingerprint density at radius 3 is 2.80 bits per heavy atom. The van der Waals surface area contributed by atoms with Crippen molar-refractivity contribution >= 4 is 17.4 Å². The number of hydrogen-bond acceptors (Lipinski definition) is 5. The molecule has 3 rings (SSSR count). The zero-order chi connectivity index (χ0) is 17.9. The monoisotopic (exact) mass is 367 g/mol. The minimum Gasteiger partial charge on any atom is -0.444 e. The van der Waals surface area contributed by atoms with Crippen LogP contribution in [0.4, 0.5) is 4.79 Å². The lowest BCUT2D eigenvalue weighted by Crippen LogP contribution is -2.42. The van der Waals surface area contributed by atoms with Crippen LogP contribution in [0.3, 0.4) is 0 Å². The van der Waals surface area contributed by atoms with Gasteiger partial charge in [-0.05, 0) is 51.2 Å². The van der Waals surface area contributed by atoms with Crippen LogP contribution in [0.5, 0.6) is 0 Å². The summed E-state index contributed by atoms with van der Waals surface area (Å²) in [4.78, 5) is 16.6. The van der Waals surface area contributed by atoms with Gasteiger partial charge < -0.3 is 19.1 Å². The summed E-state index contributed by atoms with van der Waals surface area (Å²) < 4.78 is 16.9. The molecule has 6 heteroatoms. The number of likely N-dealkylation sites (tertiary alicyclic amines) is 1. The molecule has 3 heterocycles. The van der Waals surface area contributed by atoms with Crippen LogP contribution in [0.1, 0.15) is 48.9 Å². The number of amides is 1. The van der Waals surface area contributed by atoms with Crippen LogP contribution in [0.2, 0.25) is 0 Å². The molecule has 2 aliphatic rings. The van der Waals surface area contributed by atoms with E-state index in [1.165, 1.54) is 15.3 Å². The van der Waals surface area contributed by atoms with E-state index >= 15 is 0 Å². The minimum atomic E-state index is -0.429. The van der Waals surface area contributed by atoms with Gasteiger partial charge in [-0.3, -0.25) is 0 Å². The molecule has 1 aromatic rings. The highest BCUT2D eigenvalue weighted by atomic mass is 32.1. The number of fused-ring (bicyclic) bond motifs is 1. The number of carbonyl (C=O) groups excluding carboxylic acids is 1. The van der Waals surface area contributed by atoms with E-state index in [0.29, 0.717) is 12.5 Å². The van der Waals surface area contributed by atoms with Gasteiger partial charge in [0.15, 0.2) is 0 Å². The lowest BCUT2D eigenvalue weighted by atomic mass is 9.98. The average Bonchev–Trinajstić information content (AvgIpc) is 2.96. The zero-order valence-corrected chi connectivity index (χ0v) is 16.3. The zero-order valence-electron chi connectivity index (χ0n) is 15.5. The van der Waals surface area contributed by atoms with Gasteiger partial charge in [0.25, 0.3) is 0 Å². The van der Waals surface area contributed by atoms with E-state index in [2.05, 4.69) is 6.07 Å². The summed E-state index contributed by atoms with van der Waals surface area (Å²) in [6, 6.07) is 2.23. The number of rotatable bonds is 4. The number of carbonyl (C=O) groups is 1. The molecule has 0 N–H and O–H groups in total. The molecule has 1 fully saturated rings. The van der Waals surface area contributed by atoms with Gasteiger partial charge >= 0.3 is 6.09 Å². The van der Waals surface area contributed by atoms with Crippen molar-refractivity contribution in [3.05, 3.63) is 21.4 Å². The largest absolute Gasteiger partial charge is 0.444 e. The number of nitrogens with zero attached hydrogens (tertiary/aromatic N) is 1. The molecule has 2 aliphatic heterocycles. The van der Waals surface area contributed by atoms with E-state index in [0.717, 1.165) is 52.2 Å². The van der Waals surface area contributed by atoms with E-state index in [4.69, 9.17) is 14.2 Å². The summed E-state index contributed by atoms with van der Waals surface area (Å²) in [5.41, 5.74) is 0.905.